The maximum atomic E-state index is 13.6. The van der Waals surface area contributed by atoms with Crippen LogP contribution in [0.4, 0.5) is 15.0 Å². The normalized spacial score (nSPS) is 17.0. The summed E-state index contributed by atoms with van der Waals surface area (Å²) < 4.78 is 15.2. The number of hydrogen-bond donors (Lipinski definition) is 2. The number of pyridine rings is 1. The first kappa shape index (κ1) is 16.2. The number of imidazole rings is 1. The maximum absolute atomic E-state index is 13.6. The number of likely N-dealkylation sites (tertiary alicyclic amines) is 1. The molecule has 2 N–H and O–H groups in total. The number of anilines is 1. The summed E-state index contributed by atoms with van der Waals surface area (Å²) in [5.74, 6) is 0.685. The molecule has 0 spiro atoms. The SMILES string of the molecule is Cc1cnc(-c2cnc3ccc(F)cn23)nc1NC1CCN(C(=O)O)C1. The van der Waals surface area contributed by atoms with Gasteiger partial charge in [0, 0.05) is 37.1 Å². The van der Waals surface area contributed by atoms with E-state index in [1.165, 1.54) is 17.2 Å². The van der Waals surface area contributed by atoms with Gasteiger partial charge in [-0.05, 0) is 25.5 Å². The second-order valence-corrected chi connectivity index (χ2v) is 6.30. The minimum atomic E-state index is -0.915. The van der Waals surface area contributed by atoms with Crippen molar-refractivity contribution in [2.45, 2.75) is 19.4 Å². The highest BCUT2D eigenvalue weighted by Crippen LogP contribution is 2.22. The molecule has 1 atom stereocenters. The van der Waals surface area contributed by atoms with E-state index in [-0.39, 0.29) is 11.9 Å². The fraction of sp³-hybridized carbons (Fsp3) is 0.294. The zero-order valence-corrected chi connectivity index (χ0v) is 14.1. The van der Waals surface area contributed by atoms with Crippen molar-refractivity contribution < 1.29 is 14.3 Å². The monoisotopic (exact) mass is 356 g/mol. The van der Waals surface area contributed by atoms with Crippen molar-refractivity contribution >= 4 is 17.6 Å². The van der Waals surface area contributed by atoms with Crippen LogP contribution >= 0.6 is 0 Å². The molecule has 0 bridgehead atoms. The maximum Gasteiger partial charge on any atom is 0.407 e. The van der Waals surface area contributed by atoms with Crippen LogP contribution in [0.15, 0.2) is 30.7 Å². The summed E-state index contributed by atoms with van der Waals surface area (Å²) in [5, 5.41) is 12.4. The lowest BCUT2D eigenvalue weighted by molar-refractivity contribution is 0.155. The Morgan fingerprint density at radius 2 is 2.19 bits per heavy atom. The Morgan fingerprint density at radius 3 is 2.96 bits per heavy atom. The third kappa shape index (κ3) is 2.92. The van der Waals surface area contributed by atoms with E-state index < -0.39 is 6.09 Å². The molecule has 1 aliphatic rings. The van der Waals surface area contributed by atoms with Gasteiger partial charge in [0.15, 0.2) is 5.82 Å². The van der Waals surface area contributed by atoms with Crippen molar-refractivity contribution in [3.63, 3.8) is 0 Å². The first-order chi connectivity index (χ1) is 12.5. The van der Waals surface area contributed by atoms with Gasteiger partial charge in [0.1, 0.15) is 23.0 Å². The van der Waals surface area contributed by atoms with Crippen LogP contribution in [0.2, 0.25) is 0 Å². The molecular weight excluding hydrogens is 339 g/mol. The summed E-state index contributed by atoms with van der Waals surface area (Å²) >= 11 is 0. The lowest BCUT2D eigenvalue weighted by Crippen LogP contribution is -2.30. The fourth-order valence-corrected chi connectivity index (χ4v) is 3.08. The molecule has 4 heterocycles. The first-order valence-electron chi connectivity index (χ1n) is 8.22. The van der Waals surface area contributed by atoms with Gasteiger partial charge in [0.25, 0.3) is 0 Å². The summed E-state index contributed by atoms with van der Waals surface area (Å²) in [4.78, 5) is 25.6. The number of carboxylic acid groups (broad SMARTS) is 1. The molecule has 9 heteroatoms. The predicted octanol–water partition coefficient (Wildman–Crippen LogP) is 2.40. The number of nitrogens with zero attached hydrogens (tertiary/aromatic N) is 5. The van der Waals surface area contributed by atoms with Gasteiger partial charge < -0.3 is 15.3 Å². The highest BCUT2D eigenvalue weighted by Gasteiger charge is 2.26. The number of aryl methyl sites for hydroxylation is 1. The number of nitrogens with one attached hydrogen (secondary N) is 1. The van der Waals surface area contributed by atoms with E-state index in [0.29, 0.717) is 42.5 Å². The minimum Gasteiger partial charge on any atom is -0.465 e. The first-order valence-corrected chi connectivity index (χ1v) is 8.22. The molecule has 0 saturated carbocycles. The summed E-state index contributed by atoms with van der Waals surface area (Å²) in [6.45, 7) is 2.79. The molecule has 1 amide bonds. The number of fused-ring (bicyclic) bond motifs is 1. The van der Waals surface area contributed by atoms with Gasteiger partial charge in [-0.1, -0.05) is 0 Å². The Kier molecular flexibility index (Phi) is 3.90. The van der Waals surface area contributed by atoms with E-state index in [4.69, 9.17) is 5.11 Å². The molecule has 3 aromatic rings. The molecule has 0 aromatic carbocycles. The molecule has 4 rings (SSSR count). The number of amides is 1. The van der Waals surface area contributed by atoms with Crippen LogP contribution in [0.1, 0.15) is 12.0 Å². The second kappa shape index (κ2) is 6.25. The van der Waals surface area contributed by atoms with Gasteiger partial charge in [-0.15, -0.1) is 0 Å². The van der Waals surface area contributed by atoms with E-state index in [9.17, 15) is 9.18 Å². The Morgan fingerprint density at radius 1 is 1.35 bits per heavy atom. The topological polar surface area (TPSA) is 95.7 Å². The quantitative estimate of drug-likeness (QED) is 0.748. The van der Waals surface area contributed by atoms with Crippen molar-refractivity contribution in [1.29, 1.82) is 0 Å². The van der Waals surface area contributed by atoms with Crippen LogP contribution in [-0.4, -0.2) is 54.6 Å². The van der Waals surface area contributed by atoms with Gasteiger partial charge in [-0.2, -0.15) is 0 Å². The molecule has 134 valence electrons. The standard InChI is InChI=1S/C17H17FN6O2/c1-10-6-20-16(13-7-19-14-3-2-11(18)8-24(13)14)22-15(10)21-12-4-5-23(9-12)17(25)26/h2-3,6-8,12H,4-5,9H2,1H3,(H,25,26)(H,20,21,22). The van der Waals surface area contributed by atoms with Gasteiger partial charge in [-0.3, -0.25) is 4.40 Å². The number of carbonyl (C=O) groups is 1. The summed E-state index contributed by atoms with van der Waals surface area (Å²) in [6, 6.07) is 2.93. The van der Waals surface area contributed by atoms with Gasteiger partial charge >= 0.3 is 6.09 Å². The third-order valence-electron chi connectivity index (χ3n) is 4.47. The highest BCUT2D eigenvalue weighted by molar-refractivity contribution is 5.65. The van der Waals surface area contributed by atoms with Crippen molar-refractivity contribution in [1.82, 2.24) is 24.3 Å². The Balaban J connectivity index is 1.64. The van der Waals surface area contributed by atoms with Crippen LogP contribution in [-0.2, 0) is 0 Å². The largest absolute Gasteiger partial charge is 0.465 e. The Bertz CT molecular complexity index is 989. The third-order valence-corrected chi connectivity index (χ3v) is 4.47. The highest BCUT2D eigenvalue weighted by atomic mass is 19.1. The zero-order chi connectivity index (χ0) is 18.3. The molecular formula is C17H17FN6O2. The molecule has 0 aliphatic carbocycles. The zero-order valence-electron chi connectivity index (χ0n) is 14.1. The number of aromatic nitrogens is 4. The number of halogens is 1. The van der Waals surface area contributed by atoms with Crippen LogP contribution in [0.25, 0.3) is 17.2 Å². The Labute approximate surface area is 148 Å². The number of hydrogen-bond acceptors (Lipinski definition) is 5. The van der Waals surface area contributed by atoms with Crippen LogP contribution in [0.3, 0.4) is 0 Å². The van der Waals surface area contributed by atoms with Crippen molar-refractivity contribution in [2.24, 2.45) is 0 Å². The van der Waals surface area contributed by atoms with E-state index in [1.54, 1.807) is 22.9 Å². The van der Waals surface area contributed by atoms with Gasteiger partial charge in [0.05, 0.1) is 6.20 Å². The summed E-state index contributed by atoms with van der Waals surface area (Å²) in [7, 11) is 0. The van der Waals surface area contributed by atoms with E-state index in [0.717, 1.165) is 5.56 Å². The van der Waals surface area contributed by atoms with E-state index in [2.05, 4.69) is 20.3 Å². The number of rotatable bonds is 3. The Hall–Kier alpha value is -3.23. The van der Waals surface area contributed by atoms with Gasteiger partial charge in [0.2, 0.25) is 0 Å². The van der Waals surface area contributed by atoms with Gasteiger partial charge in [-0.25, -0.2) is 24.1 Å². The van der Waals surface area contributed by atoms with Crippen molar-refractivity contribution in [3.05, 3.63) is 42.1 Å². The van der Waals surface area contributed by atoms with Crippen molar-refractivity contribution in [2.75, 3.05) is 18.4 Å². The van der Waals surface area contributed by atoms with Crippen LogP contribution in [0.5, 0.6) is 0 Å². The average molecular weight is 356 g/mol. The average Bonchev–Trinajstić information content (AvgIpc) is 3.23. The molecule has 8 nitrogen and oxygen atoms in total. The van der Waals surface area contributed by atoms with Crippen LogP contribution < -0.4 is 5.32 Å². The predicted molar refractivity (Wildman–Crippen MR) is 92.5 cm³/mol. The van der Waals surface area contributed by atoms with E-state index >= 15 is 0 Å². The second-order valence-electron chi connectivity index (χ2n) is 6.30. The summed E-state index contributed by atoms with van der Waals surface area (Å²) in [6.07, 6.45) is 4.43. The molecule has 1 aliphatic heterocycles. The lowest BCUT2D eigenvalue weighted by atomic mass is 10.2. The molecule has 3 aromatic heterocycles. The molecule has 0 radical (unpaired) electrons. The summed E-state index contributed by atoms with van der Waals surface area (Å²) in [5.41, 5.74) is 2.04. The smallest absolute Gasteiger partial charge is 0.407 e. The lowest BCUT2D eigenvalue weighted by Gasteiger charge is -2.16. The molecule has 26 heavy (non-hydrogen) atoms. The molecule has 1 fully saturated rings. The van der Waals surface area contributed by atoms with Crippen molar-refractivity contribution in [3.8, 4) is 11.5 Å². The van der Waals surface area contributed by atoms with E-state index in [1.807, 2.05) is 6.92 Å². The minimum absolute atomic E-state index is 0.00724. The molecule has 1 saturated heterocycles. The van der Waals surface area contributed by atoms with Crippen LogP contribution in [0, 0.1) is 12.7 Å². The fourth-order valence-electron chi connectivity index (χ4n) is 3.08. The molecule has 1 unspecified atom stereocenters.